The number of hydrogen-bond donors (Lipinski definition) is 1. The Kier molecular flexibility index (Phi) is 2.87. The van der Waals surface area contributed by atoms with Crippen molar-refractivity contribution in [3.05, 3.63) is 5.69 Å². The second-order valence-corrected chi connectivity index (χ2v) is 4.51. The van der Waals surface area contributed by atoms with Gasteiger partial charge in [0.2, 0.25) is 5.91 Å². The topological polar surface area (TPSA) is 75.2 Å². The molecule has 0 radical (unpaired) electrons. The predicted octanol–water partition coefficient (Wildman–Crippen LogP) is 0.775. The van der Waals surface area contributed by atoms with Crippen molar-refractivity contribution < 1.29 is 9.59 Å². The van der Waals surface area contributed by atoms with Gasteiger partial charge in [0.1, 0.15) is 10.7 Å². The number of nitrogens with one attached hydrogen (secondary N) is 1. The van der Waals surface area contributed by atoms with E-state index in [9.17, 15) is 9.59 Å². The zero-order chi connectivity index (χ0) is 10.8. The Morgan fingerprint density at radius 1 is 1.53 bits per heavy atom. The van der Waals surface area contributed by atoms with Gasteiger partial charge in [-0.3, -0.25) is 14.5 Å². The van der Waals surface area contributed by atoms with Gasteiger partial charge < -0.3 is 5.32 Å². The van der Waals surface area contributed by atoms with Crippen molar-refractivity contribution in [3.63, 3.8) is 0 Å². The summed E-state index contributed by atoms with van der Waals surface area (Å²) in [6.07, 6.45) is 0. The predicted molar refractivity (Wildman–Crippen MR) is 57.9 cm³/mol. The Hall–Kier alpha value is -1.15. The average molecular weight is 244 g/mol. The molecule has 0 unspecified atom stereocenters. The van der Waals surface area contributed by atoms with Crippen molar-refractivity contribution in [1.29, 1.82) is 0 Å². The van der Waals surface area contributed by atoms with Gasteiger partial charge in [-0.15, -0.1) is 5.10 Å². The lowest BCUT2D eigenvalue weighted by Gasteiger charge is -2.10. The van der Waals surface area contributed by atoms with Crippen molar-refractivity contribution in [2.24, 2.45) is 0 Å². The summed E-state index contributed by atoms with van der Waals surface area (Å²) < 4.78 is 3.76. The highest BCUT2D eigenvalue weighted by atomic mass is 32.2. The quantitative estimate of drug-likeness (QED) is 0.846. The standard InChI is InChI=1S/C7H8N4O2S2/c1-8-6-4(9-10-15-6)2-11-5(12)3-14-7(11)13/h8H,2-3H2,1H3. The number of nitrogens with zero attached hydrogens (tertiary/aromatic N) is 3. The lowest BCUT2D eigenvalue weighted by Crippen LogP contribution is -2.28. The number of rotatable bonds is 3. The molecule has 0 bridgehead atoms. The summed E-state index contributed by atoms with van der Waals surface area (Å²) in [7, 11) is 1.75. The van der Waals surface area contributed by atoms with Crippen molar-refractivity contribution >= 4 is 39.4 Å². The number of amides is 2. The summed E-state index contributed by atoms with van der Waals surface area (Å²) in [4.78, 5) is 23.8. The highest BCUT2D eigenvalue weighted by Gasteiger charge is 2.31. The third-order valence-electron chi connectivity index (χ3n) is 1.93. The zero-order valence-corrected chi connectivity index (χ0v) is 9.52. The molecule has 1 aliphatic rings. The van der Waals surface area contributed by atoms with Gasteiger partial charge in [0.25, 0.3) is 5.24 Å². The van der Waals surface area contributed by atoms with E-state index < -0.39 is 0 Å². The van der Waals surface area contributed by atoms with Gasteiger partial charge in [-0.2, -0.15) is 0 Å². The van der Waals surface area contributed by atoms with Gasteiger partial charge in [-0.25, -0.2) is 0 Å². The first kappa shape index (κ1) is 10.4. The van der Waals surface area contributed by atoms with Crippen LogP contribution >= 0.6 is 23.3 Å². The number of carbonyl (C=O) groups excluding carboxylic acids is 2. The van der Waals surface area contributed by atoms with Gasteiger partial charge in [0.05, 0.1) is 12.3 Å². The van der Waals surface area contributed by atoms with Gasteiger partial charge in [0, 0.05) is 18.6 Å². The molecule has 1 saturated heterocycles. The fraction of sp³-hybridized carbons (Fsp3) is 0.429. The number of imide groups is 1. The first-order valence-electron chi connectivity index (χ1n) is 4.18. The van der Waals surface area contributed by atoms with Gasteiger partial charge in [-0.05, 0) is 0 Å². The van der Waals surface area contributed by atoms with E-state index in [1.807, 2.05) is 0 Å². The molecule has 2 amide bonds. The number of anilines is 1. The molecule has 1 fully saturated rings. The molecular formula is C7H8N4O2S2. The Bertz CT molecular complexity index is 389. The zero-order valence-electron chi connectivity index (χ0n) is 7.89. The molecule has 0 spiro atoms. The Balaban J connectivity index is 2.14. The first-order chi connectivity index (χ1) is 7.22. The molecular weight excluding hydrogens is 236 g/mol. The molecule has 1 aromatic heterocycles. The number of aromatic nitrogens is 2. The average Bonchev–Trinajstić information content (AvgIpc) is 2.79. The number of hydrogen-bond acceptors (Lipinski definition) is 7. The normalized spacial score (nSPS) is 16.2. The van der Waals surface area contributed by atoms with E-state index >= 15 is 0 Å². The lowest BCUT2D eigenvalue weighted by molar-refractivity contribution is -0.125. The maximum Gasteiger partial charge on any atom is 0.289 e. The van der Waals surface area contributed by atoms with E-state index in [0.717, 1.165) is 16.8 Å². The summed E-state index contributed by atoms with van der Waals surface area (Å²) in [5.41, 5.74) is 0.631. The van der Waals surface area contributed by atoms with Gasteiger partial charge in [0.15, 0.2) is 0 Å². The van der Waals surface area contributed by atoms with Crippen LogP contribution in [0.25, 0.3) is 0 Å². The molecule has 1 N–H and O–H groups in total. The molecule has 0 atom stereocenters. The molecule has 0 saturated carbocycles. The monoisotopic (exact) mass is 244 g/mol. The van der Waals surface area contributed by atoms with Crippen LogP contribution < -0.4 is 5.32 Å². The summed E-state index contributed by atoms with van der Waals surface area (Å²) in [6, 6.07) is 0. The van der Waals surface area contributed by atoms with Crippen LogP contribution in [0.1, 0.15) is 5.69 Å². The Morgan fingerprint density at radius 2 is 2.33 bits per heavy atom. The SMILES string of the molecule is CNc1snnc1CN1C(=O)CSC1=O. The smallest absolute Gasteiger partial charge is 0.289 e. The van der Waals surface area contributed by atoms with Crippen LogP contribution in [0.15, 0.2) is 0 Å². The molecule has 2 heterocycles. The molecule has 1 aromatic rings. The van der Waals surface area contributed by atoms with E-state index in [1.54, 1.807) is 7.05 Å². The molecule has 15 heavy (non-hydrogen) atoms. The minimum Gasteiger partial charge on any atom is -0.377 e. The molecule has 8 heteroatoms. The lowest BCUT2D eigenvalue weighted by atomic mass is 10.4. The maximum atomic E-state index is 11.3. The van der Waals surface area contributed by atoms with Crippen molar-refractivity contribution in [2.75, 3.05) is 18.1 Å². The van der Waals surface area contributed by atoms with Crippen LogP contribution in [0.2, 0.25) is 0 Å². The summed E-state index contributed by atoms with van der Waals surface area (Å²) in [6.45, 7) is 0.206. The first-order valence-corrected chi connectivity index (χ1v) is 5.94. The summed E-state index contributed by atoms with van der Waals surface area (Å²) >= 11 is 2.23. The highest BCUT2D eigenvalue weighted by Crippen LogP contribution is 2.24. The number of carbonyl (C=O) groups is 2. The van der Waals surface area contributed by atoms with Crippen LogP contribution in [-0.2, 0) is 11.3 Å². The summed E-state index contributed by atoms with van der Waals surface area (Å²) in [5, 5.41) is 7.36. The maximum absolute atomic E-state index is 11.3. The Labute approximate surface area is 94.2 Å². The van der Waals surface area contributed by atoms with Crippen LogP contribution in [0.3, 0.4) is 0 Å². The number of thioether (sulfide) groups is 1. The fourth-order valence-corrected chi connectivity index (χ4v) is 2.43. The molecule has 6 nitrogen and oxygen atoms in total. The summed E-state index contributed by atoms with van der Waals surface area (Å²) in [5.74, 6) is 0.0608. The van der Waals surface area contributed by atoms with Crippen LogP contribution in [-0.4, -0.2) is 38.4 Å². The minimum absolute atomic E-state index is 0.167. The Morgan fingerprint density at radius 3 is 2.93 bits per heavy atom. The van der Waals surface area contributed by atoms with E-state index in [0.29, 0.717) is 5.69 Å². The van der Waals surface area contributed by atoms with E-state index in [-0.39, 0.29) is 23.4 Å². The van der Waals surface area contributed by atoms with E-state index in [1.165, 1.54) is 16.4 Å². The van der Waals surface area contributed by atoms with E-state index in [4.69, 9.17) is 0 Å². The van der Waals surface area contributed by atoms with Gasteiger partial charge >= 0.3 is 0 Å². The van der Waals surface area contributed by atoms with Crippen molar-refractivity contribution in [3.8, 4) is 0 Å². The molecule has 1 aliphatic heterocycles. The molecule has 80 valence electrons. The van der Waals surface area contributed by atoms with Crippen LogP contribution in [0.5, 0.6) is 0 Å². The second-order valence-electron chi connectivity index (χ2n) is 2.83. The molecule has 2 rings (SSSR count). The van der Waals surface area contributed by atoms with Gasteiger partial charge in [-0.1, -0.05) is 16.3 Å². The molecule has 0 aromatic carbocycles. The fourth-order valence-electron chi connectivity index (χ4n) is 1.19. The van der Waals surface area contributed by atoms with Crippen LogP contribution in [0, 0.1) is 0 Å². The van der Waals surface area contributed by atoms with Crippen LogP contribution in [0.4, 0.5) is 9.80 Å². The van der Waals surface area contributed by atoms with Crippen molar-refractivity contribution in [1.82, 2.24) is 14.5 Å². The third kappa shape index (κ3) is 1.95. The molecule has 0 aliphatic carbocycles. The van der Waals surface area contributed by atoms with Crippen molar-refractivity contribution in [2.45, 2.75) is 6.54 Å². The minimum atomic E-state index is -0.213. The highest BCUT2D eigenvalue weighted by molar-refractivity contribution is 8.14. The third-order valence-corrected chi connectivity index (χ3v) is 3.58. The largest absolute Gasteiger partial charge is 0.377 e. The second kappa shape index (κ2) is 4.15. The van der Waals surface area contributed by atoms with E-state index in [2.05, 4.69) is 14.9 Å².